The van der Waals surface area contributed by atoms with Gasteiger partial charge in [-0.15, -0.1) is 11.8 Å². The van der Waals surface area contributed by atoms with E-state index < -0.39 is 18.5 Å². The Labute approximate surface area is 144 Å². The fourth-order valence-electron chi connectivity index (χ4n) is 1.53. The fraction of sp³-hybridized carbons (Fsp3) is 0.375. The molecule has 1 N–H and O–H groups in total. The number of nitrogens with zero attached hydrogens (tertiary/aromatic N) is 1. The monoisotopic (exact) mass is 352 g/mol. The van der Waals surface area contributed by atoms with Gasteiger partial charge in [0.1, 0.15) is 5.78 Å². The number of nitrogens with one attached hydrogen (secondary N) is 1. The van der Waals surface area contributed by atoms with Crippen LogP contribution in [0.25, 0.3) is 0 Å². The first-order valence-electron chi connectivity index (χ1n) is 7.16. The van der Waals surface area contributed by atoms with E-state index in [9.17, 15) is 19.2 Å². The maximum absolute atomic E-state index is 12.1. The number of hydrogen-bond donors (Lipinski definition) is 1. The van der Waals surface area contributed by atoms with Crippen LogP contribution >= 0.6 is 11.8 Å². The number of benzene rings is 1. The summed E-state index contributed by atoms with van der Waals surface area (Å²) >= 11 is 1.23. The molecule has 24 heavy (non-hydrogen) atoms. The maximum Gasteiger partial charge on any atom is 0.339 e. The zero-order valence-corrected chi connectivity index (χ0v) is 14.6. The molecule has 0 fully saturated rings. The van der Waals surface area contributed by atoms with E-state index in [1.165, 1.54) is 23.6 Å². The lowest BCUT2D eigenvalue weighted by Gasteiger charge is -2.11. The number of ketones is 1. The highest BCUT2D eigenvalue weighted by atomic mass is 32.2. The Kier molecular flexibility index (Phi) is 7.97. The zero-order chi connectivity index (χ0) is 18.1. The number of amides is 2. The van der Waals surface area contributed by atoms with Crippen molar-refractivity contribution in [1.29, 1.82) is 0 Å². The number of Topliss-reactive ketones (excluding diaryl/α,β-unsaturated/α-hetero) is 1. The van der Waals surface area contributed by atoms with Gasteiger partial charge in [0.05, 0.1) is 17.9 Å². The van der Waals surface area contributed by atoms with Crippen molar-refractivity contribution in [3.8, 4) is 0 Å². The quantitative estimate of drug-likeness (QED) is 0.548. The number of carbonyl (C=O) groups is 4. The number of hydrogen-bond acceptors (Lipinski definition) is 6. The molecule has 0 aliphatic heterocycles. The van der Waals surface area contributed by atoms with E-state index in [0.717, 1.165) is 0 Å². The Morgan fingerprint density at radius 1 is 1.17 bits per heavy atom. The highest BCUT2D eigenvalue weighted by Crippen LogP contribution is 2.23. The Morgan fingerprint density at radius 2 is 1.83 bits per heavy atom. The first kappa shape index (κ1) is 19.7. The van der Waals surface area contributed by atoms with Crippen LogP contribution in [0.3, 0.4) is 0 Å². The third-order valence-electron chi connectivity index (χ3n) is 2.81. The van der Waals surface area contributed by atoms with E-state index >= 15 is 0 Å². The SMILES string of the molecule is CC(=O)CSc1ccccc1C(=O)OCC(=O)NCC(=O)N(C)C. The third kappa shape index (κ3) is 6.82. The fourth-order valence-corrected chi connectivity index (χ4v) is 2.37. The summed E-state index contributed by atoms with van der Waals surface area (Å²) in [6.45, 7) is 0.826. The lowest BCUT2D eigenvalue weighted by molar-refractivity contribution is -0.131. The molecule has 0 unspecified atom stereocenters. The number of ether oxygens (including phenoxy) is 1. The molecule has 0 atom stereocenters. The summed E-state index contributed by atoms with van der Waals surface area (Å²) in [5.41, 5.74) is 0.293. The lowest BCUT2D eigenvalue weighted by Crippen LogP contribution is -2.38. The smallest absolute Gasteiger partial charge is 0.339 e. The van der Waals surface area contributed by atoms with Gasteiger partial charge >= 0.3 is 5.97 Å². The molecular weight excluding hydrogens is 332 g/mol. The topological polar surface area (TPSA) is 92.8 Å². The first-order chi connectivity index (χ1) is 11.3. The van der Waals surface area contributed by atoms with Crippen LogP contribution in [-0.4, -0.2) is 61.5 Å². The second kappa shape index (κ2) is 9.71. The maximum atomic E-state index is 12.1. The standard InChI is InChI=1S/C16H20N2O5S/c1-11(19)10-24-13-7-5-4-6-12(13)16(22)23-9-14(20)17-8-15(21)18(2)3/h4-7H,8-10H2,1-3H3,(H,17,20). The molecular formula is C16H20N2O5S. The molecule has 0 heterocycles. The van der Waals surface area contributed by atoms with Crippen LogP contribution in [0.4, 0.5) is 0 Å². The van der Waals surface area contributed by atoms with Crippen LogP contribution in [0, 0.1) is 0 Å². The second-order valence-electron chi connectivity index (χ2n) is 5.13. The van der Waals surface area contributed by atoms with Crippen LogP contribution in [0.5, 0.6) is 0 Å². The molecule has 2 amide bonds. The van der Waals surface area contributed by atoms with Crippen molar-refractivity contribution in [2.24, 2.45) is 0 Å². The van der Waals surface area contributed by atoms with Crippen LogP contribution in [0.15, 0.2) is 29.2 Å². The number of carbonyl (C=O) groups excluding carboxylic acids is 4. The van der Waals surface area contributed by atoms with E-state index in [1.807, 2.05) is 0 Å². The molecule has 8 heteroatoms. The third-order valence-corrected chi connectivity index (χ3v) is 4.03. The van der Waals surface area contributed by atoms with Gasteiger partial charge in [0.25, 0.3) is 5.91 Å². The average Bonchev–Trinajstić information content (AvgIpc) is 2.55. The minimum absolute atomic E-state index is 0.00638. The van der Waals surface area contributed by atoms with Gasteiger partial charge in [0, 0.05) is 19.0 Å². The Morgan fingerprint density at radius 3 is 2.46 bits per heavy atom. The average molecular weight is 352 g/mol. The summed E-state index contributed by atoms with van der Waals surface area (Å²) in [5, 5.41) is 2.37. The minimum Gasteiger partial charge on any atom is -0.452 e. The number of rotatable bonds is 8. The molecule has 7 nitrogen and oxygen atoms in total. The Balaban J connectivity index is 2.55. The second-order valence-corrected chi connectivity index (χ2v) is 6.15. The van der Waals surface area contributed by atoms with Crippen LogP contribution < -0.4 is 5.32 Å². The van der Waals surface area contributed by atoms with Crippen molar-refractivity contribution in [3.63, 3.8) is 0 Å². The predicted molar refractivity (Wildman–Crippen MR) is 89.8 cm³/mol. The molecule has 0 saturated carbocycles. The molecule has 0 radical (unpaired) electrons. The number of esters is 1. The highest BCUT2D eigenvalue weighted by Gasteiger charge is 2.15. The van der Waals surface area contributed by atoms with Gasteiger partial charge in [0.2, 0.25) is 5.91 Å². The summed E-state index contributed by atoms with van der Waals surface area (Å²) in [4.78, 5) is 48.1. The summed E-state index contributed by atoms with van der Waals surface area (Å²) in [7, 11) is 3.15. The van der Waals surface area contributed by atoms with Gasteiger partial charge in [-0.05, 0) is 19.1 Å². The molecule has 1 aromatic rings. The van der Waals surface area contributed by atoms with Crippen LogP contribution in [-0.2, 0) is 19.1 Å². The van der Waals surface area contributed by atoms with Crippen molar-refractivity contribution in [3.05, 3.63) is 29.8 Å². The molecule has 1 aromatic carbocycles. The van der Waals surface area contributed by atoms with Gasteiger partial charge in [0.15, 0.2) is 6.61 Å². The molecule has 0 aromatic heterocycles. The number of likely N-dealkylation sites (N-methyl/N-ethyl adjacent to an activating group) is 1. The summed E-state index contributed by atoms with van der Waals surface area (Å²) in [6.07, 6.45) is 0. The van der Waals surface area contributed by atoms with Crippen molar-refractivity contribution < 1.29 is 23.9 Å². The molecule has 0 aliphatic carbocycles. The molecule has 0 spiro atoms. The molecule has 1 rings (SSSR count). The van der Waals surface area contributed by atoms with E-state index in [1.54, 1.807) is 38.4 Å². The van der Waals surface area contributed by atoms with Crippen LogP contribution in [0.1, 0.15) is 17.3 Å². The lowest BCUT2D eigenvalue weighted by atomic mass is 10.2. The zero-order valence-electron chi connectivity index (χ0n) is 13.8. The Hall–Kier alpha value is -2.35. The van der Waals surface area contributed by atoms with Crippen LogP contribution in [0.2, 0.25) is 0 Å². The van der Waals surface area contributed by atoms with Crippen molar-refractivity contribution in [2.75, 3.05) is 33.0 Å². The molecule has 0 aliphatic rings. The van der Waals surface area contributed by atoms with Crippen molar-refractivity contribution >= 4 is 35.3 Å². The van der Waals surface area contributed by atoms with Gasteiger partial charge in [-0.2, -0.15) is 0 Å². The molecule has 0 bridgehead atoms. The van der Waals surface area contributed by atoms with E-state index in [-0.39, 0.29) is 24.0 Å². The number of thioether (sulfide) groups is 1. The van der Waals surface area contributed by atoms with Gasteiger partial charge < -0.3 is 15.0 Å². The normalized spacial score (nSPS) is 9.96. The van der Waals surface area contributed by atoms with E-state index in [2.05, 4.69) is 5.32 Å². The first-order valence-corrected chi connectivity index (χ1v) is 8.15. The molecule has 0 saturated heterocycles. The Bertz CT molecular complexity index is 631. The summed E-state index contributed by atoms with van der Waals surface area (Å²) < 4.78 is 4.96. The molecule has 130 valence electrons. The minimum atomic E-state index is -0.657. The summed E-state index contributed by atoms with van der Waals surface area (Å²) in [6, 6.07) is 6.70. The van der Waals surface area contributed by atoms with E-state index in [4.69, 9.17) is 4.74 Å². The van der Waals surface area contributed by atoms with Crippen molar-refractivity contribution in [1.82, 2.24) is 10.2 Å². The summed E-state index contributed by atoms with van der Waals surface area (Å²) in [5.74, 6) is -1.24. The van der Waals surface area contributed by atoms with Gasteiger partial charge in [-0.25, -0.2) is 4.79 Å². The highest BCUT2D eigenvalue weighted by molar-refractivity contribution is 8.00. The van der Waals surface area contributed by atoms with Gasteiger partial charge in [-0.3, -0.25) is 14.4 Å². The van der Waals surface area contributed by atoms with E-state index in [0.29, 0.717) is 10.5 Å². The van der Waals surface area contributed by atoms with Gasteiger partial charge in [-0.1, -0.05) is 12.1 Å². The van der Waals surface area contributed by atoms with Crippen molar-refractivity contribution in [2.45, 2.75) is 11.8 Å². The largest absolute Gasteiger partial charge is 0.452 e. The predicted octanol–water partition coefficient (Wildman–Crippen LogP) is 0.729.